The van der Waals surface area contributed by atoms with Gasteiger partial charge in [0.1, 0.15) is 0 Å². The number of benzene rings is 2. The Morgan fingerprint density at radius 2 is 1.52 bits per heavy atom. The summed E-state index contributed by atoms with van der Waals surface area (Å²) in [5, 5.41) is 0. The van der Waals surface area contributed by atoms with Gasteiger partial charge in [-0.15, -0.1) is 0 Å². The predicted molar refractivity (Wildman–Crippen MR) is 184 cm³/mol. The molecule has 0 amide bonds. The van der Waals surface area contributed by atoms with Gasteiger partial charge in [0.15, 0.2) is 0 Å². The Morgan fingerprint density at radius 1 is 0.857 bits per heavy atom. The third-order valence-electron chi connectivity index (χ3n) is 9.42. The molecule has 0 spiro atoms. The van der Waals surface area contributed by atoms with Gasteiger partial charge < -0.3 is 0 Å². The maximum Gasteiger partial charge on any atom is 0.0201 e. The summed E-state index contributed by atoms with van der Waals surface area (Å²) < 4.78 is 0. The minimum absolute atomic E-state index is 0.274. The molecule has 42 heavy (non-hydrogen) atoms. The molecule has 0 N–H and O–H groups in total. The van der Waals surface area contributed by atoms with Crippen molar-refractivity contribution in [2.24, 2.45) is 5.92 Å². The van der Waals surface area contributed by atoms with Crippen molar-refractivity contribution in [1.29, 1.82) is 0 Å². The van der Waals surface area contributed by atoms with E-state index in [1.54, 1.807) is 0 Å². The zero-order chi connectivity index (χ0) is 30.0. The second kappa shape index (κ2) is 12.7. The zero-order valence-corrected chi connectivity index (χ0v) is 26.5. The van der Waals surface area contributed by atoms with Gasteiger partial charge in [-0.3, -0.25) is 0 Å². The van der Waals surface area contributed by atoms with Crippen molar-refractivity contribution < 1.29 is 0 Å². The molecule has 3 aliphatic carbocycles. The van der Waals surface area contributed by atoms with Crippen LogP contribution in [0.4, 0.5) is 0 Å². The van der Waals surface area contributed by atoms with Crippen LogP contribution in [0.3, 0.4) is 0 Å². The first-order chi connectivity index (χ1) is 20.2. The summed E-state index contributed by atoms with van der Waals surface area (Å²) in [5.41, 5.74) is 17.6. The first-order valence-electron chi connectivity index (χ1n) is 16.0. The molecule has 1 fully saturated rings. The van der Waals surface area contributed by atoms with Gasteiger partial charge in [-0.25, -0.2) is 0 Å². The van der Waals surface area contributed by atoms with E-state index in [2.05, 4.69) is 121 Å². The summed E-state index contributed by atoms with van der Waals surface area (Å²) in [4.78, 5) is 0. The number of fused-ring (bicyclic) bond motifs is 1. The highest BCUT2D eigenvalue weighted by atomic mass is 14.4. The summed E-state index contributed by atoms with van der Waals surface area (Å²) >= 11 is 0. The summed E-state index contributed by atoms with van der Waals surface area (Å²) in [6.07, 6.45) is 15.8. The first-order valence-corrected chi connectivity index (χ1v) is 16.0. The molecule has 2 aromatic rings. The fraction of sp³-hybridized carbons (Fsp3) is 0.333. The van der Waals surface area contributed by atoms with Gasteiger partial charge in [0.2, 0.25) is 0 Å². The minimum Gasteiger partial charge on any atom is -0.0955 e. The van der Waals surface area contributed by atoms with Crippen LogP contribution in [0.25, 0.3) is 11.1 Å². The average Bonchev–Trinajstić information content (AvgIpc) is 3.57. The highest BCUT2D eigenvalue weighted by Crippen LogP contribution is 2.55. The molecule has 5 rings (SSSR count). The number of hydrogen-bond donors (Lipinski definition) is 0. The molecule has 1 saturated carbocycles. The Morgan fingerprint density at radius 3 is 2.17 bits per heavy atom. The van der Waals surface area contributed by atoms with Gasteiger partial charge in [-0.05, 0) is 99.8 Å². The molecule has 0 heterocycles. The normalized spacial score (nSPS) is 21.0. The second-order valence-electron chi connectivity index (χ2n) is 12.9. The molecule has 0 saturated heterocycles. The molecule has 3 aliphatic rings. The molecular weight excluding hydrogens is 504 g/mol. The van der Waals surface area contributed by atoms with Gasteiger partial charge in [0.25, 0.3) is 0 Å². The van der Waals surface area contributed by atoms with E-state index in [-0.39, 0.29) is 5.92 Å². The fourth-order valence-electron chi connectivity index (χ4n) is 7.15. The summed E-state index contributed by atoms with van der Waals surface area (Å²) in [6, 6.07) is 18.4. The molecule has 0 aliphatic heterocycles. The Balaban J connectivity index is 1.39. The van der Waals surface area contributed by atoms with Gasteiger partial charge in [0, 0.05) is 11.8 Å². The van der Waals surface area contributed by atoms with E-state index in [1.165, 1.54) is 72.4 Å². The number of hydrogen-bond acceptors (Lipinski definition) is 0. The van der Waals surface area contributed by atoms with Crippen molar-refractivity contribution in [2.45, 2.75) is 85.0 Å². The Bertz CT molecular complexity index is 1540. The van der Waals surface area contributed by atoms with E-state index in [4.69, 9.17) is 6.58 Å². The SMILES string of the molecule is C=C(CCC)C1=C(C)C=C2CC(=CC3=CC=C(c4ccc(C(=C)CCC)cc4)C3)C(=C)C2C1c1ccc(C(C)C)cc1. The lowest BCUT2D eigenvalue weighted by molar-refractivity contribution is 0.619. The van der Waals surface area contributed by atoms with Crippen molar-refractivity contribution in [2.75, 3.05) is 0 Å². The Hall–Kier alpha value is -3.64. The highest BCUT2D eigenvalue weighted by Gasteiger charge is 2.41. The van der Waals surface area contributed by atoms with Gasteiger partial charge >= 0.3 is 0 Å². The molecule has 216 valence electrons. The first kappa shape index (κ1) is 29.8. The van der Waals surface area contributed by atoms with E-state index in [1.807, 2.05) is 0 Å². The van der Waals surface area contributed by atoms with Crippen LogP contribution in [-0.4, -0.2) is 0 Å². The molecule has 2 aromatic carbocycles. The maximum absolute atomic E-state index is 4.75. The summed E-state index contributed by atoms with van der Waals surface area (Å²) in [6.45, 7) is 24.9. The van der Waals surface area contributed by atoms with Gasteiger partial charge in [0.05, 0.1) is 0 Å². The third kappa shape index (κ3) is 5.96. The van der Waals surface area contributed by atoms with Gasteiger partial charge in [-0.2, -0.15) is 0 Å². The second-order valence-corrected chi connectivity index (χ2v) is 12.9. The van der Waals surface area contributed by atoms with Crippen molar-refractivity contribution in [3.05, 3.63) is 154 Å². The lowest BCUT2D eigenvalue weighted by Crippen LogP contribution is -2.21. The standard InChI is InChI=1S/C42H48/c1-9-11-28(5)34-17-19-35(20-18-34)37-14-13-32(24-37)25-38-26-39-23-30(7)40(29(6)12-10-2)42(41(39)31(38)8)36-21-15-33(16-22-36)27(3)4/h13-23,25,27,41-42H,5-6,8-12,24,26H2,1-4,7H3. The zero-order valence-electron chi connectivity index (χ0n) is 26.5. The minimum atomic E-state index is 0.274. The monoisotopic (exact) mass is 552 g/mol. The van der Waals surface area contributed by atoms with Crippen LogP contribution in [-0.2, 0) is 0 Å². The molecule has 2 atom stereocenters. The van der Waals surface area contributed by atoms with E-state index < -0.39 is 0 Å². The fourth-order valence-corrected chi connectivity index (χ4v) is 7.15. The number of rotatable bonds is 10. The van der Waals surface area contributed by atoms with Crippen LogP contribution in [0, 0.1) is 5.92 Å². The molecule has 0 radical (unpaired) electrons. The molecule has 0 aromatic heterocycles. The van der Waals surface area contributed by atoms with Crippen LogP contribution in [0.2, 0.25) is 0 Å². The van der Waals surface area contributed by atoms with Crippen LogP contribution < -0.4 is 0 Å². The van der Waals surface area contributed by atoms with Crippen LogP contribution in [0.1, 0.15) is 107 Å². The quantitative estimate of drug-likeness (QED) is 0.275. The van der Waals surface area contributed by atoms with Crippen molar-refractivity contribution in [3.8, 4) is 0 Å². The lowest BCUT2D eigenvalue weighted by atomic mass is 9.69. The van der Waals surface area contributed by atoms with Crippen LogP contribution in [0.15, 0.2) is 132 Å². The Kier molecular flexibility index (Phi) is 9.02. The van der Waals surface area contributed by atoms with E-state index in [0.29, 0.717) is 11.8 Å². The topological polar surface area (TPSA) is 0 Å². The molecule has 2 unspecified atom stereocenters. The van der Waals surface area contributed by atoms with Crippen LogP contribution in [0.5, 0.6) is 0 Å². The highest BCUT2D eigenvalue weighted by molar-refractivity contribution is 5.75. The largest absolute Gasteiger partial charge is 0.0955 e. The lowest BCUT2D eigenvalue weighted by Gasteiger charge is -2.34. The van der Waals surface area contributed by atoms with Crippen LogP contribution >= 0.6 is 0 Å². The van der Waals surface area contributed by atoms with Crippen molar-refractivity contribution in [3.63, 3.8) is 0 Å². The average molecular weight is 553 g/mol. The molecular formula is C42H48. The third-order valence-corrected chi connectivity index (χ3v) is 9.42. The van der Waals surface area contributed by atoms with Crippen molar-refractivity contribution >= 4 is 11.1 Å². The predicted octanol–water partition coefficient (Wildman–Crippen LogP) is 12.2. The smallest absolute Gasteiger partial charge is 0.0201 e. The molecule has 0 heteroatoms. The van der Waals surface area contributed by atoms with E-state index in [0.717, 1.165) is 38.5 Å². The maximum atomic E-state index is 4.75. The van der Waals surface area contributed by atoms with Crippen molar-refractivity contribution in [1.82, 2.24) is 0 Å². The van der Waals surface area contributed by atoms with E-state index in [9.17, 15) is 0 Å². The summed E-state index contributed by atoms with van der Waals surface area (Å²) in [5.74, 6) is 1.10. The molecule has 0 nitrogen and oxygen atoms in total. The van der Waals surface area contributed by atoms with E-state index >= 15 is 0 Å². The van der Waals surface area contributed by atoms with Gasteiger partial charge in [-0.1, -0.05) is 144 Å². The molecule has 0 bridgehead atoms. The summed E-state index contributed by atoms with van der Waals surface area (Å²) in [7, 11) is 0. The Labute approximate surface area is 255 Å². The number of allylic oxidation sites excluding steroid dienone is 13.